The number of rotatable bonds is 7. The van der Waals surface area contributed by atoms with Gasteiger partial charge in [-0.1, -0.05) is 42.6 Å². The highest BCUT2D eigenvalue weighted by Gasteiger charge is 2.29. The standard InChI is InChI=1S/C19H25N3O4S/c1-15-12-18(21-26-15)20-19(23)14-22(13-16-8-4-2-5-9-16)27(24,25)17-10-6-3-7-11-17/h3,6-7,10-12,16H,2,4-5,8-9,13-14H2,1H3,(H,20,21,23). The third-order valence-electron chi connectivity index (χ3n) is 4.78. The first-order valence-corrected chi connectivity index (χ1v) is 10.7. The topological polar surface area (TPSA) is 92.5 Å². The van der Waals surface area contributed by atoms with E-state index in [9.17, 15) is 13.2 Å². The molecule has 1 heterocycles. The van der Waals surface area contributed by atoms with Crippen molar-refractivity contribution in [2.75, 3.05) is 18.4 Å². The number of anilines is 1. The molecule has 1 N–H and O–H groups in total. The molecule has 27 heavy (non-hydrogen) atoms. The van der Waals surface area contributed by atoms with Crippen molar-refractivity contribution in [3.63, 3.8) is 0 Å². The third kappa shape index (κ3) is 5.17. The highest BCUT2D eigenvalue weighted by Crippen LogP contribution is 2.26. The van der Waals surface area contributed by atoms with Crippen molar-refractivity contribution in [1.29, 1.82) is 0 Å². The fourth-order valence-corrected chi connectivity index (χ4v) is 4.91. The third-order valence-corrected chi connectivity index (χ3v) is 6.61. The van der Waals surface area contributed by atoms with E-state index in [4.69, 9.17) is 4.52 Å². The van der Waals surface area contributed by atoms with Crippen LogP contribution in [0.3, 0.4) is 0 Å². The summed E-state index contributed by atoms with van der Waals surface area (Å²) in [5, 5.41) is 6.33. The number of hydrogen-bond acceptors (Lipinski definition) is 5. The van der Waals surface area contributed by atoms with Crippen LogP contribution in [0, 0.1) is 12.8 Å². The zero-order chi connectivity index (χ0) is 19.3. The molecule has 0 radical (unpaired) electrons. The van der Waals surface area contributed by atoms with Crippen molar-refractivity contribution >= 4 is 21.7 Å². The van der Waals surface area contributed by atoms with E-state index in [1.54, 1.807) is 43.3 Å². The van der Waals surface area contributed by atoms with Gasteiger partial charge in [-0.3, -0.25) is 4.79 Å². The van der Waals surface area contributed by atoms with Gasteiger partial charge in [-0.05, 0) is 37.8 Å². The number of sulfonamides is 1. The molecule has 1 aliphatic carbocycles. The largest absolute Gasteiger partial charge is 0.360 e. The normalized spacial score (nSPS) is 15.8. The Balaban J connectivity index is 1.77. The van der Waals surface area contributed by atoms with E-state index in [1.807, 2.05) is 0 Å². The molecule has 0 saturated heterocycles. The van der Waals surface area contributed by atoms with Gasteiger partial charge in [0.25, 0.3) is 0 Å². The van der Waals surface area contributed by atoms with Gasteiger partial charge in [-0.2, -0.15) is 4.31 Å². The molecule has 0 unspecified atom stereocenters. The smallest absolute Gasteiger partial charge is 0.243 e. The van der Waals surface area contributed by atoms with Gasteiger partial charge in [0.05, 0.1) is 11.4 Å². The van der Waals surface area contributed by atoms with Gasteiger partial charge in [0.15, 0.2) is 5.82 Å². The molecule has 1 aliphatic rings. The van der Waals surface area contributed by atoms with Gasteiger partial charge in [0.1, 0.15) is 5.76 Å². The summed E-state index contributed by atoms with van der Waals surface area (Å²) in [4.78, 5) is 12.7. The molecule has 1 amide bonds. The Morgan fingerprint density at radius 2 is 1.93 bits per heavy atom. The summed E-state index contributed by atoms with van der Waals surface area (Å²) in [6.07, 6.45) is 5.38. The molecule has 8 heteroatoms. The lowest BCUT2D eigenvalue weighted by atomic mass is 9.89. The second kappa shape index (κ2) is 8.67. The molecule has 0 bridgehead atoms. The quantitative estimate of drug-likeness (QED) is 0.782. The van der Waals surface area contributed by atoms with E-state index < -0.39 is 15.9 Å². The lowest BCUT2D eigenvalue weighted by Gasteiger charge is -2.28. The summed E-state index contributed by atoms with van der Waals surface area (Å²) in [5.74, 6) is 0.700. The average molecular weight is 391 g/mol. The highest BCUT2D eigenvalue weighted by atomic mass is 32.2. The van der Waals surface area contributed by atoms with Gasteiger partial charge < -0.3 is 9.84 Å². The molecule has 1 fully saturated rings. The molecular formula is C19H25N3O4S. The summed E-state index contributed by atoms with van der Waals surface area (Å²) in [6.45, 7) is 1.82. The Kier molecular flexibility index (Phi) is 6.28. The molecule has 146 valence electrons. The van der Waals surface area contributed by atoms with Crippen LogP contribution in [0.15, 0.2) is 45.8 Å². The van der Waals surface area contributed by atoms with E-state index in [1.165, 1.54) is 10.7 Å². The maximum absolute atomic E-state index is 13.1. The van der Waals surface area contributed by atoms with Crippen LogP contribution in [0.2, 0.25) is 0 Å². The van der Waals surface area contributed by atoms with E-state index >= 15 is 0 Å². The predicted molar refractivity (Wildman–Crippen MR) is 102 cm³/mol. The molecule has 0 spiro atoms. The predicted octanol–water partition coefficient (Wildman–Crippen LogP) is 3.19. The Labute approximate surface area is 159 Å². The number of amides is 1. The van der Waals surface area contributed by atoms with E-state index in [0.717, 1.165) is 25.7 Å². The first-order valence-electron chi connectivity index (χ1n) is 9.23. The zero-order valence-corrected chi connectivity index (χ0v) is 16.2. The first kappa shape index (κ1) is 19.6. The van der Waals surface area contributed by atoms with Crippen LogP contribution in [0.4, 0.5) is 5.82 Å². The Bertz CT molecular complexity index is 858. The monoisotopic (exact) mass is 391 g/mol. The number of hydrogen-bond donors (Lipinski definition) is 1. The van der Waals surface area contributed by atoms with Crippen LogP contribution in [0.25, 0.3) is 0 Å². The van der Waals surface area contributed by atoms with Crippen molar-refractivity contribution in [1.82, 2.24) is 9.46 Å². The van der Waals surface area contributed by atoms with Gasteiger partial charge in [-0.25, -0.2) is 8.42 Å². The summed E-state index contributed by atoms with van der Waals surface area (Å²) < 4.78 is 32.4. The van der Waals surface area contributed by atoms with Crippen LogP contribution >= 0.6 is 0 Å². The molecule has 2 aromatic rings. The number of aromatic nitrogens is 1. The number of nitrogens with zero attached hydrogens (tertiary/aromatic N) is 2. The molecule has 1 aromatic carbocycles. The van der Waals surface area contributed by atoms with Crippen LogP contribution in [-0.4, -0.2) is 36.9 Å². The first-order chi connectivity index (χ1) is 12.9. The van der Waals surface area contributed by atoms with Crippen molar-refractivity contribution in [3.8, 4) is 0 Å². The van der Waals surface area contributed by atoms with Crippen molar-refractivity contribution in [2.45, 2.75) is 43.9 Å². The number of nitrogens with one attached hydrogen (secondary N) is 1. The fraction of sp³-hybridized carbons (Fsp3) is 0.474. The van der Waals surface area contributed by atoms with Gasteiger partial charge in [0.2, 0.25) is 15.9 Å². The SMILES string of the molecule is Cc1cc(NC(=O)CN(CC2CCCCC2)S(=O)(=O)c2ccccc2)no1. The fourth-order valence-electron chi connectivity index (χ4n) is 3.41. The molecular weight excluding hydrogens is 366 g/mol. The van der Waals surface area contributed by atoms with Crippen LogP contribution in [0.5, 0.6) is 0 Å². The lowest BCUT2D eigenvalue weighted by Crippen LogP contribution is -2.41. The minimum Gasteiger partial charge on any atom is -0.360 e. The minimum atomic E-state index is -3.75. The van der Waals surface area contributed by atoms with Crippen molar-refractivity contribution in [2.24, 2.45) is 5.92 Å². The average Bonchev–Trinajstić information content (AvgIpc) is 3.07. The zero-order valence-electron chi connectivity index (χ0n) is 15.4. The molecule has 7 nitrogen and oxygen atoms in total. The Morgan fingerprint density at radius 1 is 1.22 bits per heavy atom. The van der Waals surface area contributed by atoms with Gasteiger partial charge in [0, 0.05) is 12.6 Å². The Morgan fingerprint density at radius 3 is 2.56 bits per heavy atom. The van der Waals surface area contributed by atoms with E-state index in [2.05, 4.69) is 10.5 Å². The number of benzene rings is 1. The molecule has 0 aliphatic heterocycles. The van der Waals surface area contributed by atoms with Crippen LogP contribution in [-0.2, 0) is 14.8 Å². The maximum Gasteiger partial charge on any atom is 0.243 e. The number of aryl methyl sites for hydroxylation is 1. The minimum absolute atomic E-state index is 0.200. The number of carbonyl (C=O) groups is 1. The lowest BCUT2D eigenvalue weighted by molar-refractivity contribution is -0.116. The van der Waals surface area contributed by atoms with Crippen molar-refractivity contribution in [3.05, 3.63) is 42.2 Å². The van der Waals surface area contributed by atoms with Gasteiger partial charge in [-0.15, -0.1) is 0 Å². The molecule has 1 saturated carbocycles. The summed E-state index contributed by atoms with van der Waals surface area (Å²) >= 11 is 0. The maximum atomic E-state index is 13.1. The van der Waals surface area contributed by atoms with Crippen molar-refractivity contribution < 1.29 is 17.7 Å². The highest BCUT2D eigenvalue weighted by molar-refractivity contribution is 7.89. The van der Waals surface area contributed by atoms with Crippen LogP contribution < -0.4 is 5.32 Å². The Hall–Kier alpha value is -2.19. The van der Waals surface area contributed by atoms with Crippen LogP contribution in [0.1, 0.15) is 37.9 Å². The molecule has 0 atom stereocenters. The van der Waals surface area contributed by atoms with E-state index in [-0.39, 0.29) is 23.2 Å². The molecule has 1 aromatic heterocycles. The van der Waals surface area contributed by atoms with Gasteiger partial charge >= 0.3 is 0 Å². The second-order valence-electron chi connectivity index (χ2n) is 6.99. The summed E-state index contributed by atoms with van der Waals surface area (Å²) in [5.41, 5.74) is 0. The number of carbonyl (C=O) groups excluding carboxylic acids is 1. The summed E-state index contributed by atoms with van der Waals surface area (Å²) in [6, 6.07) is 9.84. The van der Waals surface area contributed by atoms with E-state index in [0.29, 0.717) is 12.3 Å². The second-order valence-corrected chi connectivity index (χ2v) is 8.92. The molecule has 3 rings (SSSR count). The summed E-state index contributed by atoms with van der Waals surface area (Å²) in [7, 11) is -3.75.